The molecule has 0 amide bonds. The summed E-state index contributed by atoms with van der Waals surface area (Å²) in [5.74, 6) is 1.42. The molecule has 0 aliphatic heterocycles. The molecule has 2 heterocycles. The largest absolute Gasteiger partial charge is 0.478 e. The van der Waals surface area contributed by atoms with Crippen molar-refractivity contribution in [2.75, 3.05) is 11.9 Å². The number of thiazole rings is 1. The first-order valence-corrected chi connectivity index (χ1v) is 6.62. The van der Waals surface area contributed by atoms with Gasteiger partial charge in [-0.2, -0.15) is 0 Å². The van der Waals surface area contributed by atoms with E-state index >= 15 is 0 Å². The molecule has 0 bridgehead atoms. The molecule has 18 heavy (non-hydrogen) atoms. The highest BCUT2D eigenvalue weighted by Crippen LogP contribution is 2.21. The van der Waals surface area contributed by atoms with Gasteiger partial charge in [0.15, 0.2) is 0 Å². The molecule has 0 aliphatic rings. The van der Waals surface area contributed by atoms with Gasteiger partial charge in [0.25, 0.3) is 0 Å². The highest BCUT2D eigenvalue weighted by molar-refractivity contribution is 7.11. The first-order chi connectivity index (χ1) is 8.70. The van der Waals surface area contributed by atoms with Gasteiger partial charge in [-0.15, -0.1) is 11.3 Å². The van der Waals surface area contributed by atoms with E-state index in [9.17, 15) is 0 Å². The van der Waals surface area contributed by atoms with Gasteiger partial charge in [-0.05, 0) is 20.8 Å². The minimum Gasteiger partial charge on any atom is -0.478 e. The van der Waals surface area contributed by atoms with Crippen molar-refractivity contribution in [3.8, 4) is 5.88 Å². The molecule has 1 N–H and O–H groups in total. The summed E-state index contributed by atoms with van der Waals surface area (Å²) < 4.78 is 5.43. The predicted octanol–water partition coefficient (Wildman–Crippen LogP) is 2.56. The van der Waals surface area contributed by atoms with Crippen molar-refractivity contribution in [3.63, 3.8) is 0 Å². The van der Waals surface area contributed by atoms with Crippen molar-refractivity contribution >= 4 is 17.2 Å². The maximum absolute atomic E-state index is 5.43. The Morgan fingerprint density at radius 3 is 2.78 bits per heavy atom. The zero-order valence-electron chi connectivity index (χ0n) is 10.7. The van der Waals surface area contributed by atoms with Crippen LogP contribution >= 0.6 is 11.3 Å². The van der Waals surface area contributed by atoms with Crippen LogP contribution < -0.4 is 10.1 Å². The van der Waals surface area contributed by atoms with E-state index in [0.717, 1.165) is 16.4 Å². The van der Waals surface area contributed by atoms with E-state index < -0.39 is 0 Å². The standard InChI is InChI=1S/C12H16N4OS/c1-4-17-12-9(3)11(15-7-16-12)14-6-10-13-5-8(2)18-10/h5,7H,4,6H2,1-3H3,(H,14,15,16). The van der Waals surface area contributed by atoms with E-state index in [1.165, 1.54) is 11.2 Å². The van der Waals surface area contributed by atoms with Crippen LogP contribution in [0.25, 0.3) is 0 Å². The summed E-state index contributed by atoms with van der Waals surface area (Å²) >= 11 is 1.68. The monoisotopic (exact) mass is 264 g/mol. The van der Waals surface area contributed by atoms with E-state index in [4.69, 9.17) is 4.74 Å². The Morgan fingerprint density at radius 1 is 1.28 bits per heavy atom. The van der Waals surface area contributed by atoms with Crippen LogP contribution in [0.15, 0.2) is 12.5 Å². The summed E-state index contributed by atoms with van der Waals surface area (Å²) in [7, 11) is 0. The van der Waals surface area contributed by atoms with Crippen LogP contribution in [0.5, 0.6) is 5.88 Å². The highest BCUT2D eigenvalue weighted by atomic mass is 32.1. The molecule has 6 heteroatoms. The fourth-order valence-electron chi connectivity index (χ4n) is 1.54. The summed E-state index contributed by atoms with van der Waals surface area (Å²) in [4.78, 5) is 13.8. The van der Waals surface area contributed by atoms with Gasteiger partial charge in [0, 0.05) is 11.1 Å². The van der Waals surface area contributed by atoms with E-state index in [2.05, 4.69) is 20.3 Å². The smallest absolute Gasteiger partial charge is 0.221 e. The molecule has 2 aromatic heterocycles. The van der Waals surface area contributed by atoms with Crippen LogP contribution in [-0.4, -0.2) is 21.6 Å². The lowest BCUT2D eigenvalue weighted by molar-refractivity contribution is 0.324. The molecule has 0 atom stereocenters. The molecule has 0 spiro atoms. The van der Waals surface area contributed by atoms with Crippen LogP contribution in [0.1, 0.15) is 22.4 Å². The fourth-order valence-corrected chi connectivity index (χ4v) is 2.26. The lowest BCUT2D eigenvalue weighted by atomic mass is 10.3. The molecular formula is C12H16N4OS. The average molecular weight is 264 g/mol. The van der Waals surface area contributed by atoms with Crippen LogP contribution in [0.2, 0.25) is 0 Å². The third-order valence-corrected chi connectivity index (χ3v) is 3.31. The minimum absolute atomic E-state index is 0.600. The molecule has 0 aromatic carbocycles. The van der Waals surface area contributed by atoms with Gasteiger partial charge < -0.3 is 10.1 Å². The Morgan fingerprint density at radius 2 is 2.11 bits per heavy atom. The number of aryl methyl sites for hydroxylation is 1. The number of aromatic nitrogens is 3. The van der Waals surface area contributed by atoms with Crippen LogP contribution in [-0.2, 0) is 6.54 Å². The van der Waals surface area contributed by atoms with Crippen LogP contribution in [0, 0.1) is 13.8 Å². The number of anilines is 1. The van der Waals surface area contributed by atoms with Gasteiger partial charge in [0.1, 0.15) is 17.2 Å². The lowest BCUT2D eigenvalue weighted by Crippen LogP contribution is -2.06. The number of nitrogens with one attached hydrogen (secondary N) is 1. The quantitative estimate of drug-likeness (QED) is 0.899. The van der Waals surface area contributed by atoms with Crippen molar-refractivity contribution < 1.29 is 4.74 Å². The summed E-state index contributed by atoms with van der Waals surface area (Å²) in [6.07, 6.45) is 3.38. The Hall–Kier alpha value is -1.69. The molecule has 0 saturated carbocycles. The van der Waals surface area contributed by atoms with Gasteiger partial charge >= 0.3 is 0 Å². The Bertz CT molecular complexity index is 527. The van der Waals surface area contributed by atoms with Gasteiger partial charge in [-0.3, -0.25) is 0 Å². The molecule has 96 valence electrons. The summed E-state index contributed by atoms with van der Waals surface area (Å²) in [5, 5.41) is 4.30. The first-order valence-electron chi connectivity index (χ1n) is 5.80. The number of hydrogen-bond donors (Lipinski definition) is 1. The second-order valence-corrected chi connectivity index (χ2v) is 5.12. The van der Waals surface area contributed by atoms with Crippen LogP contribution in [0.3, 0.4) is 0 Å². The van der Waals surface area contributed by atoms with E-state index in [-0.39, 0.29) is 0 Å². The Labute approximate surface area is 110 Å². The SMILES string of the molecule is CCOc1ncnc(NCc2ncc(C)s2)c1C. The van der Waals surface area contributed by atoms with Crippen molar-refractivity contribution in [1.82, 2.24) is 15.0 Å². The molecule has 0 aliphatic carbocycles. The zero-order valence-corrected chi connectivity index (χ0v) is 11.5. The van der Waals surface area contributed by atoms with Crippen LogP contribution in [0.4, 0.5) is 5.82 Å². The topological polar surface area (TPSA) is 59.9 Å². The maximum Gasteiger partial charge on any atom is 0.221 e. The van der Waals surface area contributed by atoms with Gasteiger partial charge in [0.2, 0.25) is 5.88 Å². The second kappa shape index (κ2) is 5.77. The van der Waals surface area contributed by atoms with Gasteiger partial charge in [0.05, 0.1) is 18.7 Å². The third-order valence-electron chi connectivity index (χ3n) is 2.40. The first kappa shape index (κ1) is 12.8. The molecule has 0 saturated heterocycles. The molecule has 2 rings (SSSR count). The third kappa shape index (κ3) is 2.95. The number of hydrogen-bond acceptors (Lipinski definition) is 6. The number of rotatable bonds is 5. The average Bonchev–Trinajstić information content (AvgIpc) is 2.77. The molecule has 0 unspecified atom stereocenters. The Kier molecular flexibility index (Phi) is 4.09. The normalized spacial score (nSPS) is 10.4. The summed E-state index contributed by atoms with van der Waals surface area (Å²) in [5.41, 5.74) is 0.924. The molecule has 2 aromatic rings. The molecule has 0 fully saturated rings. The van der Waals surface area contributed by atoms with E-state index in [1.807, 2.05) is 27.0 Å². The van der Waals surface area contributed by atoms with Crippen molar-refractivity contribution in [2.24, 2.45) is 0 Å². The summed E-state index contributed by atoms with van der Waals surface area (Å²) in [6.45, 7) is 7.20. The van der Waals surface area contributed by atoms with Gasteiger partial charge in [-0.1, -0.05) is 0 Å². The second-order valence-electron chi connectivity index (χ2n) is 3.80. The van der Waals surface area contributed by atoms with E-state index in [1.54, 1.807) is 11.3 Å². The molecular weight excluding hydrogens is 248 g/mol. The number of nitrogens with zero attached hydrogens (tertiary/aromatic N) is 3. The molecule has 5 nitrogen and oxygen atoms in total. The molecule has 0 radical (unpaired) electrons. The number of ether oxygens (including phenoxy) is 1. The van der Waals surface area contributed by atoms with Crippen molar-refractivity contribution in [1.29, 1.82) is 0 Å². The maximum atomic E-state index is 5.43. The fraction of sp³-hybridized carbons (Fsp3) is 0.417. The Balaban J connectivity index is 2.07. The van der Waals surface area contributed by atoms with Crippen molar-refractivity contribution in [2.45, 2.75) is 27.3 Å². The zero-order chi connectivity index (χ0) is 13.0. The van der Waals surface area contributed by atoms with Gasteiger partial charge in [-0.25, -0.2) is 15.0 Å². The summed E-state index contributed by atoms with van der Waals surface area (Å²) in [6, 6.07) is 0. The predicted molar refractivity (Wildman–Crippen MR) is 72.1 cm³/mol. The van der Waals surface area contributed by atoms with E-state index in [0.29, 0.717) is 19.0 Å². The highest BCUT2D eigenvalue weighted by Gasteiger charge is 2.08. The lowest BCUT2D eigenvalue weighted by Gasteiger charge is -2.10. The van der Waals surface area contributed by atoms with Crippen molar-refractivity contribution in [3.05, 3.63) is 28.0 Å². The minimum atomic E-state index is 0.600.